The summed E-state index contributed by atoms with van der Waals surface area (Å²) in [6.07, 6.45) is 4.94. The van der Waals surface area contributed by atoms with Crippen molar-refractivity contribution in [3.05, 3.63) is 0 Å². The average Bonchev–Trinajstić information content (AvgIpc) is 2.02. The summed E-state index contributed by atoms with van der Waals surface area (Å²) in [4.78, 5) is 2.50. The monoisotopic (exact) mass is 184 g/mol. The minimum atomic E-state index is 0.460. The molecule has 2 N–H and O–H groups in total. The Balaban J connectivity index is 1.79. The Morgan fingerprint density at radius 1 is 1.08 bits per heavy atom. The van der Waals surface area contributed by atoms with Crippen LogP contribution < -0.4 is 5.73 Å². The van der Waals surface area contributed by atoms with Crippen molar-refractivity contribution in [1.29, 1.82) is 0 Å². The van der Waals surface area contributed by atoms with Crippen molar-refractivity contribution in [2.24, 2.45) is 5.73 Å². The second kappa shape index (κ2) is 3.95. The third-order valence-electron chi connectivity index (χ3n) is 3.51. The molecule has 0 radical (unpaired) electrons. The summed E-state index contributed by atoms with van der Waals surface area (Å²) in [6.45, 7) is 1.86. The number of likely N-dealkylation sites (N-methyl/N-ethyl adjacent to an activating group) is 1. The first-order chi connectivity index (χ1) is 6.27. The molecule has 0 atom stereocenters. The zero-order valence-electron chi connectivity index (χ0n) is 8.41. The average molecular weight is 184 g/mol. The molecule has 0 aromatic carbocycles. The molecule has 2 aliphatic rings. The highest BCUT2D eigenvalue weighted by Gasteiger charge is 2.30. The highest BCUT2D eigenvalue weighted by molar-refractivity contribution is 4.85. The smallest absolute Gasteiger partial charge is 0.0645 e. The largest absolute Gasteiger partial charge is 0.378 e. The van der Waals surface area contributed by atoms with Gasteiger partial charge in [-0.05, 0) is 32.7 Å². The molecule has 3 nitrogen and oxygen atoms in total. The molecule has 1 heterocycles. The van der Waals surface area contributed by atoms with Gasteiger partial charge in [0.05, 0.1) is 19.3 Å². The quantitative estimate of drug-likeness (QED) is 0.682. The summed E-state index contributed by atoms with van der Waals surface area (Å²) in [7, 11) is 2.23. The molecule has 0 amide bonds. The van der Waals surface area contributed by atoms with E-state index in [0.717, 1.165) is 19.3 Å². The minimum Gasteiger partial charge on any atom is -0.378 e. The molecule has 0 bridgehead atoms. The topological polar surface area (TPSA) is 38.5 Å². The number of nitrogens with zero attached hydrogens (tertiary/aromatic N) is 1. The lowest BCUT2D eigenvalue weighted by atomic mass is 9.90. The van der Waals surface area contributed by atoms with Crippen LogP contribution in [0, 0.1) is 0 Å². The highest BCUT2D eigenvalue weighted by Crippen LogP contribution is 2.24. The molecule has 1 aliphatic heterocycles. The van der Waals surface area contributed by atoms with Gasteiger partial charge in [-0.15, -0.1) is 0 Å². The molecule has 0 unspecified atom stereocenters. The lowest BCUT2D eigenvalue weighted by Crippen LogP contribution is -2.52. The molecular weight excluding hydrogens is 164 g/mol. The van der Waals surface area contributed by atoms with Gasteiger partial charge in [-0.1, -0.05) is 0 Å². The molecular formula is C10H20N2O. The molecule has 2 fully saturated rings. The van der Waals surface area contributed by atoms with Crippen LogP contribution in [0.15, 0.2) is 0 Å². The Morgan fingerprint density at radius 3 is 2.15 bits per heavy atom. The van der Waals surface area contributed by atoms with Gasteiger partial charge in [0.15, 0.2) is 0 Å². The summed E-state index contributed by atoms with van der Waals surface area (Å²) >= 11 is 0. The summed E-state index contributed by atoms with van der Waals surface area (Å²) in [6, 6.07) is 1.90. The molecule has 2 rings (SSSR count). The predicted octanol–water partition coefficient (Wildman–Crippen LogP) is 0.587. The maximum absolute atomic E-state index is 5.88. The molecule has 13 heavy (non-hydrogen) atoms. The standard InChI is InChI=1S/C10H20N2O/c1-12(10-6-13-7-10)9-4-2-8(11)3-5-9/h8-10H,2-7,11H2,1H3/t8-,9-. The SMILES string of the molecule is CN(C1COC1)[C@H]1CC[C@H](N)CC1. The Kier molecular flexibility index (Phi) is 2.86. The van der Waals surface area contributed by atoms with Crippen molar-refractivity contribution in [2.45, 2.75) is 43.8 Å². The molecule has 0 spiro atoms. The number of ether oxygens (including phenoxy) is 1. The van der Waals surface area contributed by atoms with Gasteiger partial charge in [0.2, 0.25) is 0 Å². The molecule has 76 valence electrons. The van der Waals surface area contributed by atoms with Crippen molar-refractivity contribution in [3.8, 4) is 0 Å². The summed E-state index contributed by atoms with van der Waals surface area (Å²) in [5.41, 5.74) is 5.88. The Labute approximate surface area is 80.2 Å². The van der Waals surface area contributed by atoms with Gasteiger partial charge in [0, 0.05) is 12.1 Å². The fourth-order valence-corrected chi connectivity index (χ4v) is 2.27. The van der Waals surface area contributed by atoms with Crippen LogP contribution in [0.2, 0.25) is 0 Å². The van der Waals surface area contributed by atoms with Crippen LogP contribution in [0.3, 0.4) is 0 Å². The van der Waals surface area contributed by atoms with Gasteiger partial charge in [-0.3, -0.25) is 4.90 Å². The van der Waals surface area contributed by atoms with Crippen molar-refractivity contribution in [2.75, 3.05) is 20.3 Å². The van der Waals surface area contributed by atoms with E-state index < -0.39 is 0 Å². The van der Waals surface area contributed by atoms with Crippen LogP contribution in [0.5, 0.6) is 0 Å². The summed E-state index contributed by atoms with van der Waals surface area (Å²) < 4.78 is 5.20. The van der Waals surface area contributed by atoms with E-state index in [1.807, 2.05) is 0 Å². The van der Waals surface area contributed by atoms with Crippen LogP contribution in [-0.4, -0.2) is 43.3 Å². The Hall–Kier alpha value is -0.120. The van der Waals surface area contributed by atoms with Crippen molar-refractivity contribution in [1.82, 2.24) is 4.90 Å². The molecule has 1 saturated carbocycles. The lowest BCUT2D eigenvalue weighted by Gasteiger charge is -2.42. The predicted molar refractivity (Wildman–Crippen MR) is 52.6 cm³/mol. The molecule has 1 aliphatic carbocycles. The van der Waals surface area contributed by atoms with Crippen LogP contribution in [-0.2, 0) is 4.74 Å². The fraction of sp³-hybridized carbons (Fsp3) is 1.00. The summed E-state index contributed by atoms with van der Waals surface area (Å²) in [5.74, 6) is 0. The molecule has 3 heteroatoms. The number of nitrogens with two attached hydrogens (primary N) is 1. The second-order valence-corrected chi connectivity index (χ2v) is 4.43. The molecule has 0 aromatic rings. The van der Waals surface area contributed by atoms with E-state index in [1.165, 1.54) is 25.7 Å². The van der Waals surface area contributed by atoms with E-state index >= 15 is 0 Å². The second-order valence-electron chi connectivity index (χ2n) is 4.43. The van der Waals surface area contributed by atoms with E-state index in [1.54, 1.807) is 0 Å². The first-order valence-corrected chi connectivity index (χ1v) is 5.32. The van der Waals surface area contributed by atoms with Crippen molar-refractivity contribution < 1.29 is 4.74 Å². The minimum absolute atomic E-state index is 0.460. The van der Waals surface area contributed by atoms with Crippen molar-refractivity contribution in [3.63, 3.8) is 0 Å². The van der Waals surface area contributed by atoms with Gasteiger partial charge >= 0.3 is 0 Å². The molecule has 0 aromatic heterocycles. The maximum Gasteiger partial charge on any atom is 0.0645 e. The van der Waals surface area contributed by atoms with E-state index in [9.17, 15) is 0 Å². The summed E-state index contributed by atoms with van der Waals surface area (Å²) in [5, 5.41) is 0. The van der Waals surface area contributed by atoms with Crippen LogP contribution in [0.1, 0.15) is 25.7 Å². The van der Waals surface area contributed by atoms with E-state index in [4.69, 9.17) is 10.5 Å². The van der Waals surface area contributed by atoms with Gasteiger partial charge in [-0.2, -0.15) is 0 Å². The molecule has 1 saturated heterocycles. The van der Waals surface area contributed by atoms with Gasteiger partial charge in [-0.25, -0.2) is 0 Å². The van der Waals surface area contributed by atoms with Crippen molar-refractivity contribution >= 4 is 0 Å². The fourth-order valence-electron chi connectivity index (χ4n) is 2.27. The highest BCUT2D eigenvalue weighted by atomic mass is 16.5. The van der Waals surface area contributed by atoms with E-state index in [0.29, 0.717) is 12.1 Å². The Morgan fingerprint density at radius 2 is 1.69 bits per heavy atom. The van der Waals surface area contributed by atoms with Gasteiger partial charge < -0.3 is 10.5 Å². The third-order valence-corrected chi connectivity index (χ3v) is 3.51. The zero-order valence-corrected chi connectivity index (χ0v) is 8.41. The van der Waals surface area contributed by atoms with Crippen LogP contribution >= 0.6 is 0 Å². The first-order valence-electron chi connectivity index (χ1n) is 5.32. The number of hydrogen-bond acceptors (Lipinski definition) is 3. The number of hydrogen-bond donors (Lipinski definition) is 1. The first kappa shape index (κ1) is 9.44. The lowest BCUT2D eigenvalue weighted by molar-refractivity contribution is -0.0737. The maximum atomic E-state index is 5.88. The van der Waals surface area contributed by atoms with Crippen LogP contribution in [0.25, 0.3) is 0 Å². The zero-order chi connectivity index (χ0) is 9.26. The van der Waals surface area contributed by atoms with E-state index in [-0.39, 0.29) is 0 Å². The van der Waals surface area contributed by atoms with Gasteiger partial charge in [0.1, 0.15) is 0 Å². The Bertz CT molecular complexity index is 162. The van der Waals surface area contributed by atoms with Crippen LogP contribution in [0.4, 0.5) is 0 Å². The number of rotatable bonds is 2. The third kappa shape index (κ3) is 2.03. The van der Waals surface area contributed by atoms with Gasteiger partial charge in [0.25, 0.3) is 0 Å². The van der Waals surface area contributed by atoms with E-state index in [2.05, 4.69) is 11.9 Å². The normalized spacial score (nSPS) is 36.2.